The highest BCUT2D eigenvalue weighted by molar-refractivity contribution is 5.94. The number of H-pyrrole nitrogens is 1. The molecule has 0 aliphatic rings. The number of aromatic hydroxyl groups is 1. The minimum atomic E-state index is -1.23. The van der Waals surface area contributed by atoms with Gasteiger partial charge in [-0.05, 0) is 56.3 Å². The molecule has 0 aliphatic heterocycles. The summed E-state index contributed by atoms with van der Waals surface area (Å²) in [7, 11) is 0. The van der Waals surface area contributed by atoms with Crippen LogP contribution >= 0.6 is 0 Å². The van der Waals surface area contributed by atoms with Gasteiger partial charge in [-0.3, -0.25) is 19.4 Å². The van der Waals surface area contributed by atoms with E-state index in [1.165, 1.54) is 24.7 Å². The number of phenolic OH excluding ortho intramolecular Hbond substituents is 1. The first-order chi connectivity index (χ1) is 20.5. The molecule has 0 fully saturated rings. The van der Waals surface area contributed by atoms with Crippen LogP contribution in [0.1, 0.15) is 43.4 Å². The third-order valence-corrected chi connectivity index (χ3v) is 6.48. The number of aromatic nitrogens is 2. The zero-order chi connectivity index (χ0) is 31.8. The van der Waals surface area contributed by atoms with Crippen molar-refractivity contribution in [1.82, 2.24) is 25.9 Å². The van der Waals surface area contributed by atoms with Crippen LogP contribution in [0.4, 0.5) is 0 Å². The molecule has 2 rings (SSSR count). The van der Waals surface area contributed by atoms with Gasteiger partial charge in [0.2, 0.25) is 17.7 Å². The van der Waals surface area contributed by atoms with Crippen molar-refractivity contribution in [3.8, 4) is 5.75 Å². The van der Waals surface area contributed by atoms with E-state index in [9.17, 15) is 29.4 Å². The van der Waals surface area contributed by atoms with Gasteiger partial charge in [0.15, 0.2) is 5.96 Å². The number of rotatable bonds is 19. The SMILES string of the molecule is NCCCCC(NC(=O)C(Cc1ccc(O)cc1)NC(=O)C(CCCN=C(N)N)NC(=O)C(N)Cc1cnc[nH]1)C(=O)O. The van der Waals surface area contributed by atoms with Crippen molar-refractivity contribution in [2.24, 2.45) is 27.9 Å². The number of nitrogens with two attached hydrogens (primary N) is 4. The number of imidazole rings is 1. The number of nitrogens with zero attached hydrogens (tertiary/aromatic N) is 2. The summed E-state index contributed by atoms with van der Waals surface area (Å²) >= 11 is 0. The summed E-state index contributed by atoms with van der Waals surface area (Å²) in [5.74, 6) is -3.38. The minimum Gasteiger partial charge on any atom is -0.508 e. The molecule has 236 valence electrons. The molecule has 4 unspecified atom stereocenters. The Morgan fingerprint density at radius 3 is 2.12 bits per heavy atom. The molecule has 4 atom stereocenters. The molecule has 0 radical (unpaired) electrons. The molecule has 1 aromatic heterocycles. The Bertz CT molecular complexity index is 1200. The highest BCUT2D eigenvalue weighted by atomic mass is 16.4. The molecule has 3 amide bonds. The number of hydrogen-bond acceptors (Lipinski definition) is 9. The number of nitrogens with one attached hydrogen (secondary N) is 4. The van der Waals surface area contributed by atoms with Crippen LogP contribution in [0.3, 0.4) is 0 Å². The Labute approximate surface area is 249 Å². The molecule has 2 aromatic rings. The number of carbonyl (C=O) groups excluding carboxylic acids is 3. The summed E-state index contributed by atoms with van der Waals surface area (Å²) in [6, 6.07) is 1.44. The lowest BCUT2D eigenvalue weighted by Crippen LogP contribution is -2.57. The van der Waals surface area contributed by atoms with Crippen molar-refractivity contribution < 1.29 is 29.4 Å². The van der Waals surface area contributed by atoms with Crippen molar-refractivity contribution in [2.75, 3.05) is 13.1 Å². The molecule has 14 N–H and O–H groups in total. The van der Waals surface area contributed by atoms with Crippen LogP contribution in [0.5, 0.6) is 5.75 Å². The molecular formula is C27H42N10O6. The average Bonchev–Trinajstić information content (AvgIpc) is 3.47. The van der Waals surface area contributed by atoms with E-state index in [0.717, 1.165) is 0 Å². The first-order valence-electron chi connectivity index (χ1n) is 13.9. The summed E-state index contributed by atoms with van der Waals surface area (Å²) in [5, 5.41) is 27.1. The van der Waals surface area contributed by atoms with Gasteiger partial charge in [0.25, 0.3) is 0 Å². The first kappa shape index (κ1) is 34.5. The van der Waals surface area contributed by atoms with Crippen LogP contribution < -0.4 is 38.9 Å². The minimum absolute atomic E-state index is 0.00894. The van der Waals surface area contributed by atoms with E-state index in [4.69, 9.17) is 22.9 Å². The van der Waals surface area contributed by atoms with Crippen molar-refractivity contribution in [3.63, 3.8) is 0 Å². The lowest BCUT2D eigenvalue weighted by molar-refractivity contribution is -0.142. The number of carbonyl (C=O) groups is 4. The number of phenols is 1. The number of aromatic amines is 1. The van der Waals surface area contributed by atoms with Crippen molar-refractivity contribution in [3.05, 3.63) is 48.0 Å². The van der Waals surface area contributed by atoms with Crippen LogP contribution in [0.25, 0.3) is 0 Å². The fourth-order valence-electron chi connectivity index (χ4n) is 4.15. The Morgan fingerprint density at radius 2 is 1.51 bits per heavy atom. The fraction of sp³-hybridized carbons (Fsp3) is 0.481. The fourth-order valence-corrected chi connectivity index (χ4v) is 4.15. The molecule has 43 heavy (non-hydrogen) atoms. The summed E-state index contributed by atoms with van der Waals surface area (Å²) in [4.78, 5) is 62.2. The Kier molecular flexibility index (Phi) is 14.4. The van der Waals surface area contributed by atoms with Gasteiger partial charge in [0.05, 0.1) is 12.4 Å². The largest absolute Gasteiger partial charge is 0.508 e. The highest BCUT2D eigenvalue weighted by Gasteiger charge is 2.30. The van der Waals surface area contributed by atoms with Crippen molar-refractivity contribution in [1.29, 1.82) is 0 Å². The molecule has 0 bridgehead atoms. The second-order valence-electron chi connectivity index (χ2n) is 10.0. The molecule has 16 heteroatoms. The van der Waals surface area contributed by atoms with E-state index in [2.05, 4.69) is 30.9 Å². The zero-order valence-corrected chi connectivity index (χ0v) is 23.9. The smallest absolute Gasteiger partial charge is 0.326 e. The number of guanidine groups is 1. The number of aliphatic carboxylic acids is 1. The molecule has 1 aromatic carbocycles. The van der Waals surface area contributed by atoms with Gasteiger partial charge in [0.1, 0.15) is 23.9 Å². The van der Waals surface area contributed by atoms with E-state index < -0.39 is 47.9 Å². The predicted octanol–water partition coefficient (Wildman–Crippen LogP) is -2.05. The standard InChI is InChI=1S/C27H42N10O6/c28-10-2-1-4-21(26(42)43)36-25(41)22(12-16-6-8-18(38)9-7-16)37-24(40)20(5-3-11-33-27(30)31)35-23(39)19(29)13-17-14-32-15-34-17/h6-9,14-15,19-22,38H,1-5,10-13,28-29H2,(H,32,34)(H,35,39)(H,36,41)(H,37,40)(H,42,43)(H4,30,31,33). The van der Waals surface area contributed by atoms with E-state index in [-0.39, 0.29) is 43.9 Å². The Balaban J connectivity index is 2.24. The number of benzene rings is 1. The first-order valence-corrected chi connectivity index (χ1v) is 13.9. The van der Waals surface area contributed by atoms with Gasteiger partial charge in [-0.25, -0.2) is 9.78 Å². The van der Waals surface area contributed by atoms with Crippen LogP contribution in [-0.2, 0) is 32.0 Å². The van der Waals surface area contributed by atoms with Crippen LogP contribution in [0, 0.1) is 0 Å². The zero-order valence-electron chi connectivity index (χ0n) is 23.9. The second-order valence-corrected chi connectivity index (χ2v) is 10.0. The summed E-state index contributed by atoms with van der Waals surface area (Å²) in [6.45, 7) is 0.560. The summed E-state index contributed by atoms with van der Waals surface area (Å²) in [6.07, 6.45) is 4.71. The monoisotopic (exact) mass is 602 g/mol. The number of unbranched alkanes of at least 4 members (excludes halogenated alkanes) is 1. The van der Waals surface area contributed by atoms with E-state index in [0.29, 0.717) is 37.1 Å². The lowest BCUT2D eigenvalue weighted by Gasteiger charge is -2.25. The normalized spacial score (nSPS) is 13.6. The third-order valence-electron chi connectivity index (χ3n) is 6.48. The second kappa shape index (κ2) is 18.0. The number of carboxylic acids is 1. The Morgan fingerprint density at radius 1 is 0.884 bits per heavy atom. The molecule has 1 heterocycles. The maximum Gasteiger partial charge on any atom is 0.326 e. The number of hydrogen-bond donors (Lipinski definition) is 10. The number of carboxylic acid groups (broad SMARTS) is 1. The number of amides is 3. The predicted molar refractivity (Wildman–Crippen MR) is 158 cm³/mol. The topological polar surface area (TPSA) is 290 Å². The van der Waals surface area contributed by atoms with Crippen LogP contribution in [0.15, 0.2) is 41.8 Å². The van der Waals surface area contributed by atoms with Gasteiger partial charge in [-0.1, -0.05) is 12.1 Å². The average molecular weight is 603 g/mol. The highest BCUT2D eigenvalue weighted by Crippen LogP contribution is 2.13. The summed E-state index contributed by atoms with van der Waals surface area (Å²) < 4.78 is 0. The third kappa shape index (κ3) is 12.8. The van der Waals surface area contributed by atoms with E-state index in [1.807, 2.05) is 0 Å². The number of aliphatic imine (C=N–C) groups is 1. The molecule has 0 aliphatic carbocycles. The van der Waals surface area contributed by atoms with Crippen molar-refractivity contribution in [2.45, 2.75) is 69.1 Å². The molecule has 0 saturated carbocycles. The van der Waals surface area contributed by atoms with Crippen LogP contribution in [0.2, 0.25) is 0 Å². The summed E-state index contributed by atoms with van der Waals surface area (Å²) in [5.41, 5.74) is 23.5. The maximum atomic E-state index is 13.5. The lowest BCUT2D eigenvalue weighted by atomic mass is 10.0. The van der Waals surface area contributed by atoms with Gasteiger partial charge in [0, 0.05) is 31.3 Å². The molecule has 0 spiro atoms. The van der Waals surface area contributed by atoms with Gasteiger partial charge in [-0.15, -0.1) is 0 Å². The van der Waals surface area contributed by atoms with Gasteiger partial charge >= 0.3 is 5.97 Å². The quantitative estimate of drug-likeness (QED) is 0.0474. The van der Waals surface area contributed by atoms with Gasteiger partial charge in [-0.2, -0.15) is 0 Å². The molecule has 16 nitrogen and oxygen atoms in total. The molecule has 0 saturated heterocycles. The Hall–Kier alpha value is -4.70. The van der Waals surface area contributed by atoms with E-state index >= 15 is 0 Å². The molecular weight excluding hydrogens is 560 g/mol. The van der Waals surface area contributed by atoms with Gasteiger partial charge < -0.3 is 54.1 Å². The van der Waals surface area contributed by atoms with Crippen LogP contribution in [-0.4, -0.2) is 87.1 Å². The van der Waals surface area contributed by atoms with E-state index in [1.54, 1.807) is 12.1 Å². The van der Waals surface area contributed by atoms with Crippen molar-refractivity contribution >= 4 is 29.7 Å². The maximum absolute atomic E-state index is 13.5.